The van der Waals surface area contributed by atoms with Crippen LogP contribution in [0.3, 0.4) is 0 Å². The molecule has 0 aliphatic rings. The number of aromatic nitrogens is 4. The predicted molar refractivity (Wildman–Crippen MR) is 161 cm³/mol. The molecule has 5 aromatic rings. The Kier molecular flexibility index (Phi) is 8.28. The number of rotatable bonds is 10. The molecule has 3 aromatic carbocycles. The number of ether oxygens (including phenoxy) is 1. The minimum atomic E-state index is -0.0953. The molecule has 200 valence electrons. The summed E-state index contributed by atoms with van der Waals surface area (Å²) in [6.45, 7) is 9.76. The summed E-state index contributed by atoms with van der Waals surface area (Å²) < 4.78 is 8.99. The molecule has 0 unspecified atom stereocenters. The van der Waals surface area contributed by atoms with Crippen molar-refractivity contribution >= 4 is 44.9 Å². The Morgan fingerprint density at radius 2 is 1.77 bits per heavy atom. The first-order chi connectivity index (χ1) is 18.9. The van der Waals surface area contributed by atoms with Crippen molar-refractivity contribution < 1.29 is 9.53 Å². The molecule has 9 heteroatoms. The van der Waals surface area contributed by atoms with Gasteiger partial charge < -0.3 is 14.6 Å². The topological polar surface area (TPSA) is 81.9 Å². The molecule has 39 heavy (non-hydrogen) atoms. The van der Waals surface area contributed by atoms with Gasteiger partial charge >= 0.3 is 0 Å². The van der Waals surface area contributed by atoms with Gasteiger partial charge in [-0.2, -0.15) is 0 Å². The summed E-state index contributed by atoms with van der Waals surface area (Å²) in [5, 5.41) is 13.4. The van der Waals surface area contributed by atoms with Gasteiger partial charge in [-0.3, -0.25) is 4.79 Å². The van der Waals surface area contributed by atoms with Crippen LogP contribution in [0.15, 0.2) is 71.9 Å². The Bertz CT molecular complexity index is 1570. The van der Waals surface area contributed by atoms with Crippen molar-refractivity contribution in [2.45, 2.75) is 39.4 Å². The van der Waals surface area contributed by atoms with Gasteiger partial charge in [-0.15, -0.1) is 21.5 Å². The van der Waals surface area contributed by atoms with Gasteiger partial charge in [0, 0.05) is 23.4 Å². The Morgan fingerprint density at radius 1 is 1.03 bits per heavy atom. The Balaban J connectivity index is 1.19. The molecular weight excluding hydrogens is 526 g/mol. The molecule has 0 aliphatic heterocycles. The molecule has 0 saturated carbocycles. The molecule has 0 saturated heterocycles. The minimum Gasteiger partial charge on any atom is -0.493 e. The number of benzene rings is 3. The lowest BCUT2D eigenvalue weighted by molar-refractivity contribution is -0.113. The zero-order chi connectivity index (χ0) is 27.4. The second kappa shape index (κ2) is 12.0. The first-order valence-corrected chi connectivity index (χ1v) is 14.8. The van der Waals surface area contributed by atoms with Crippen molar-refractivity contribution in [2.75, 3.05) is 17.7 Å². The lowest BCUT2D eigenvalue weighted by Gasteiger charge is -2.10. The molecule has 0 bridgehead atoms. The summed E-state index contributed by atoms with van der Waals surface area (Å²) in [7, 11) is 0. The van der Waals surface area contributed by atoms with E-state index in [1.54, 1.807) is 11.3 Å². The van der Waals surface area contributed by atoms with Crippen LogP contribution in [0.4, 0.5) is 5.69 Å². The molecule has 2 heterocycles. The second-order valence-electron chi connectivity index (χ2n) is 9.68. The van der Waals surface area contributed by atoms with E-state index >= 15 is 0 Å². The SMILES string of the molecule is CCn1c(SCC(=O)Nc2ccc(-c3nc4ccc(C)cc4s3)cc2)nnc1-c1ccc(OCC(C)C)cc1. The maximum absolute atomic E-state index is 12.7. The molecule has 0 spiro atoms. The number of nitrogens with one attached hydrogen (secondary N) is 1. The summed E-state index contributed by atoms with van der Waals surface area (Å²) in [4.78, 5) is 17.4. The van der Waals surface area contributed by atoms with Gasteiger partial charge in [0.05, 0.1) is 22.6 Å². The number of anilines is 1. The van der Waals surface area contributed by atoms with Gasteiger partial charge in [-0.1, -0.05) is 31.7 Å². The van der Waals surface area contributed by atoms with E-state index in [1.807, 2.05) is 60.0 Å². The third kappa shape index (κ3) is 6.49. The highest BCUT2D eigenvalue weighted by atomic mass is 32.2. The Labute approximate surface area is 236 Å². The summed E-state index contributed by atoms with van der Waals surface area (Å²) in [5.41, 5.74) is 4.97. The van der Waals surface area contributed by atoms with E-state index < -0.39 is 0 Å². The van der Waals surface area contributed by atoms with E-state index in [0.717, 1.165) is 38.9 Å². The zero-order valence-corrected chi connectivity index (χ0v) is 24.1. The number of carbonyl (C=O) groups is 1. The number of carbonyl (C=O) groups excluding carboxylic acids is 1. The molecule has 0 aliphatic carbocycles. The van der Waals surface area contributed by atoms with E-state index in [9.17, 15) is 4.79 Å². The number of thioether (sulfide) groups is 1. The summed E-state index contributed by atoms with van der Waals surface area (Å²) in [6, 6.07) is 22.0. The quantitative estimate of drug-likeness (QED) is 0.181. The fourth-order valence-electron chi connectivity index (χ4n) is 4.04. The van der Waals surface area contributed by atoms with Gasteiger partial charge in [-0.25, -0.2) is 4.98 Å². The van der Waals surface area contributed by atoms with Gasteiger partial charge in [-0.05, 0) is 86.0 Å². The fourth-order valence-corrected chi connectivity index (χ4v) is 5.91. The van der Waals surface area contributed by atoms with Crippen LogP contribution in [-0.2, 0) is 11.3 Å². The fraction of sp³-hybridized carbons (Fsp3) is 0.267. The van der Waals surface area contributed by atoms with E-state index in [0.29, 0.717) is 24.2 Å². The minimum absolute atomic E-state index is 0.0953. The number of amides is 1. The average molecular weight is 558 g/mol. The first-order valence-electron chi connectivity index (χ1n) is 13.0. The molecule has 1 amide bonds. The van der Waals surface area contributed by atoms with Crippen molar-refractivity contribution in [3.8, 4) is 27.7 Å². The van der Waals surface area contributed by atoms with E-state index in [-0.39, 0.29) is 11.7 Å². The largest absolute Gasteiger partial charge is 0.493 e. The van der Waals surface area contributed by atoms with Crippen molar-refractivity contribution in [1.29, 1.82) is 0 Å². The molecule has 2 aromatic heterocycles. The van der Waals surface area contributed by atoms with E-state index in [1.165, 1.54) is 22.0 Å². The lowest BCUT2D eigenvalue weighted by atomic mass is 10.2. The standard InChI is InChI=1S/C30H31N5O2S2/c1-5-35-28(21-9-13-24(14-10-21)37-17-19(2)3)33-34-30(35)38-18-27(36)31-23-11-7-22(8-12-23)29-32-25-15-6-20(4)16-26(25)39-29/h6-16,19H,5,17-18H2,1-4H3,(H,31,36). The highest BCUT2D eigenvalue weighted by Gasteiger charge is 2.15. The van der Waals surface area contributed by atoms with E-state index in [2.05, 4.69) is 54.5 Å². The van der Waals surface area contributed by atoms with Crippen molar-refractivity contribution in [1.82, 2.24) is 19.7 Å². The van der Waals surface area contributed by atoms with Gasteiger partial charge in [0.15, 0.2) is 11.0 Å². The molecule has 5 rings (SSSR count). The van der Waals surface area contributed by atoms with Gasteiger partial charge in [0.1, 0.15) is 10.8 Å². The van der Waals surface area contributed by atoms with Crippen LogP contribution in [-0.4, -0.2) is 38.0 Å². The Hall–Kier alpha value is -3.69. The highest BCUT2D eigenvalue weighted by molar-refractivity contribution is 7.99. The number of nitrogens with zero attached hydrogens (tertiary/aromatic N) is 4. The number of hydrogen-bond donors (Lipinski definition) is 1. The predicted octanol–water partition coefficient (Wildman–Crippen LogP) is 7.32. The number of aryl methyl sites for hydroxylation is 1. The molecule has 1 N–H and O–H groups in total. The average Bonchev–Trinajstić information content (AvgIpc) is 3.55. The van der Waals surface area contributed by atoms with Crippen LogP contribution in [0.1, 0.15) is 26.3 Å². The molecule has 0 atom stereocenters. The van der Waals surface area contributed by atoms with Crippen LogP contribution < -0.4 is 10.1 Å². The summed E-state index contributed by atoms with van der Waals surface area (Å²) in [5.74, 6) is 2.22. The van der Waals surface area contributed by atoms with Crippen LogP contribution in [0, 0.1) is 12.8 Å². The van der Waals surface area contributed by atoms with Crippen molar-refractivity contribution in [2.24, 2.45) is 5.92 Å². The summed E-state index contributed by atoms with van der Waals surface area (Å²) >= 11 is 3.05. The highest BCUT2D eigenvalue weighted by Crippen LogP contribution is 2.31. The second-order valence-corrected chi connectivity index (χ2v) is 11.7. The maximum Gasteiger partial charge on any atom is 0.234 e. The third-order valence-corrected chi connectivity index (χ3v) is 8.05. The monoisotopic (exact) mass is 557 g/mol. The summed E-state index contributed by atoms with van der Waals surface area (Å²) in [6.07, 6.45) is 0. The maximum atomic E-state index is 12.7. The van der Waals surface area contributed by atoms with Crippen molar-refractivity contribution in [3.63, 3.8) is 0 Å². The lowest BCUT2D eigenvalue weighted by Crippen LogP contribution is -2.14. The van der Waals surface area contributed by atoms with Crippen LogP contribution in [0.5, 0.6) is 5.75 Å². The molecular formula is C30H31N5O2S2. The smallest absolute Gasteiger partial charge is 0.234 e. The van der Waals surface area contributed by atoms with Gasteiger partial charge in [0.2, 0.25) is 5.91 Å². The zero-order valence-electron chi connectivity index (χ0n) is 22.5. The number of fused-ring (bicyclic) bond motifs is 1. The van der Waals surface area contributed by atoms with E-state index in [4.69, 9.17) is 9.72 Å². The van der Waals surface area contributed by atoms with Crippen LogP contribution in [0.2, 0.25) is 0 Å². The van der Waals surface area contributed by atoms with Crippen LogP contribution in [0.25, 0.3) is 32.2 Å². The first kappa shape index (κ1) is 26.9. The van der Waals surface area contributed by atoms with Crippen LogP contribution >= 0.6 is 23.1 Å². The molecule has 7 nitrogen and oxygen atoms in total. The molecule has 0 fully saturated rings. The Morgan fingerprint density at radius 3 is 2.49 bits per heavy atom. The normalized spacial score (nSPS) is 11.3. The number of thiazole rings is 1. The number of hydrogen-bond acceptors (Lipinski definition) is 7. The van der Waals surface area contributed by atoms with Crippen molar-refractivity contribution in [3.05, 3.63) is 72.3 Å². The molecule has 0 radical (unpaired) electrons. The van der Waals surface area contributed by atoms with Gasteiger partial charge in [0.25, 0.3) is 0 Å². The third-order valence-electron chi connectivity index (χ3n) is 6.02.